The smallest absolute Gasteiger partial charge is 0.286 e. The third kappa shape index (κ3) is 6.19. The molecule has 0 aromatic heterocycles. The van der Waals surface area contributed by atoms with E-state index >= 15 is 0 Å². The predicted octanol–water partition coefficient (Wildman–Crippen LogP) is 1.13. The van der Waals surface area contributed by atoms with Gasteiger partial charge in [-0.15, -0.1) is 12.4 Å². The molecule has 1 aromatic carbocycles. The number of benzene rings is 1. The van der Waals surface area contributed by atoms with E-state index in [1.54, 1.807) is 0 Å². The van der Waals surface area contributed by atoms with Crippen molar-refractivity contribution in [2.75, 3.05) is 40.5 Å². The van der Waals surface area contributed by atoms with Crippen LogP contribution in [0.2, 0.25) is 0 Å². The van der Waals surface area contributed by atoms with Gasteiger partial charge in [0, 0.05) is 19.7 Å². The van der Waals surface area contributed by atoms with Gasteiger partial charge in [-0.2, -0.15) is 0 Å². The summed E-state index contributed by atoms with van der Waals surface area (Å²) in [6.45, 7) is 1.27. The fourth-order valence-corrected chi connectivity index (χ4v) is 1.79. The summed E-state index contributed by atoms with van der Waals surface area (Å²) in [6.07, 6.45) is 0.578. The second kappa shape index (κ2) is 11.4. The SMILES string of the molecule is COCCOc1cc([N+](=O)[O-])c(C(=O)NCCCN)cc1OC.Cl. The fourth-order valence-electron chi connectivity index (χ4n) is 1.79. The molecule has 1 rings (SSSR count). The Labute approximate surface area is 146 Å². The summed E-state index contributed by atoms with van der Waals surface area (Å²) in [6, 6.07) is 2.46. The molecular formula is C14H22ClN3O6. The van der Waals surface area contributed by atoms with E-state index in [0.717, 1.165) is 0 Å². The minimum atomic E-state index is -0.638. The van der Waals surface area contributed by atoms with Gasteiger partial charge in [0.15, 0.2) is 11.5 Å². The van der Waals surface area contributed by atoms with Crippen LogP contribution in [0.3, 0.4) is 0 Å². The number of amides is 1. The van der Waals surface area contributed by atoms with Crippen molar-refractivity contribution in [1.29, 1.82) is 0 Å². The Morgan fingerprint density at radius 3 is 2.54 bits per heavy atom. The zero-order valence-corrected chi connectivity index (χ0v) is 14.4. The van der Waals surface area contributed by atoms with Gasteiger partial charge in [0.05, 0.1) is 24.7 Å². The standard InChI is InChI=1S/C14H21N3O6.ClH/c1-21-6-7-23-13-9-11(17(19)20)10(8-12(13)22-2)14(18)16-5-3-4-15;/h8-9H,3-7,15H2,1-2H3,(H,16,18);1H. The summed E-state index contributed by atoms with van der Waals surface area (Å²) in [5, 5.41) is 13.8. The summed E-state index contributed by atoms with van der Waals surface area (Å²) >= 11 is 0. The molecule has 0 atom stereocenters. The van der Waals surface area contributed by atoms with Gasteiger partial charge in [-0.25, -0.2) is 0 Å². The predicted molar refractivity (Wildman–Crippen MR) is 90.3 cm³/mol. The lowest BCUT2D eigenvalue weighted by Gasteiger charge is -2.12. The molecule has 0 bridgehead atoms. The first-order valence-electron chi connectivity index (χ1n) is 7.01. The molecule has 10 heteroatoms. The minimum Gasteiger partial charge on any atom is -0.493 e. The Bertz CT molecular complexity index is 556. The zero-order chi connectivity index (χ0) is 17.2. The summed E-state index contributed by atoms with van der Waals surface area (Å²) in [5.74, 6) is -0.155. The summed E-state index contributed by atoms with van der Waals surface area (Å²) in [4.78, 5) is 22.7. The first-order chi connectivity index (χ1) is 11.0. The average molecular weight is 364 g/mol. The molecule has 0 saturated heterocycles. The highest BCUT2D eigenvalue weighted by atomic mass is 35.5. The van der Waals surface area contributed by atoms with E-state index in [1.165, 1.54) is 26.4 Å². The Morgan fingerprint density at radius 1 is 1.29 bits per heavy atom. The fraction of sp³-hybridized carbons (Fsp3) is 0.500. The number of carbonyl (C=O) groups excluding carboxylic acids is 1. The van der Waals surface area contributed by atoms with Crippen molar-refractivity contribution in [1.82, 2.24) is 5.32 Å². The van der Waals surface area contributed by atoms with Gasteiger partial charge in [-0.05, 0) is 13.0 Å². The third-order valence-corrected chi connectivity index (χ3v) is 2.93. The van der Waals surface area contributed by atoms with E-state index < -0.39 is 10.8 Å². The van der Waals surface area contributed by atoms with Crippen molar-refractivity contribution in [2.45, 2.75) is 6.42 Å². The molecule has 3 N–H and O–H groups in total. The van der Waals surface area contributed by atoms with Crippen LogP contribution >= 0.6 is 12.4 Å². The molecule has 24 heavy (non-hydrogen) atoms. The maximum absolute atomic E-state index is 12.1. The van der Waals surface area contributed by atoms with Crippen LogP contribution in [0.5, 0.6) is 11.5 Å². The number of carbonyl (C=O) groups is 1. The maximum atomic E-state index is 12.1. The Balaban J connectivity index is 0.00000529. The molecule has 0 radical (unpaired) electrons. The lowest BCUT2D eigenvalue weighted by molar-refractivity contribution is -0.385. The monoisotopic (exact) mass is 363 g/mol. The van der Waals surface area contributed by atoms with E-state index in [0.29, 0.717) is 26.1 Å². The van der Waals surface area contributed by atoms with E-state index in [-0.39, 0.29) is 41.8 Å². The molecule has 9 nitrogen and oxygen atoms in total. The number of hydrogen-bond acceptors (Lipinski definition) is 7. The molecule has 0 heterocycles. The number of nitrogens with two attached hydrogens (primary N) is 1. The van der Waals surface area contributed by atoms with Crippen LogP contribution in [-0.2, 0) is 4.74 Å². The van der Waals surface area contributed by atoms with Crippen molar-refractivity contribution in [3.63, 3.8) is 0 Å². The van der Waals surface area contributed by atoms with Crippen molar-refractivity contribution in [3.05, 3.63) is 27.8 Å². The lowest BCUT2D eigenvalue weighted by Crippen LogP contribution is -2.26. The van der Waals surface area contributed by atoms with Crippen molar-refractivity contribution >= 4 is 24.0 Å². The molecule has 0 aliphatic rings. The van der Waals surface area contributed by atoms with Gasteiger partial charge in [0.2, 0.25) is 0 Å². The maximum Gasteiger partial charge on any atom is 0.286 e. The molecule has 0 fully saturated rings. The highest BCUT2D eigenvalue weighted by Gasteiger charge is 2.24. The van der Waals surface area contributed by atoms with E-state index in [9.17, 15) is 14.9 Å². The van der Waals surface area contributed by atoms with Crippen molar-refractivity contribution < 1.29 is 23.9 Å². The zero-order valence-electron chi connectivity index (χ0n) is 13.6. The highest BCUT2D eigenvalue weighted by molar-refractivity contribution is 5.99. The van der Waals surface area contributed by atoms with Crippen molar-refractivity contribution in [2.24, 2.45) is 5.73 Å². The number of halogens is 1. The van der Waals surface area contributed by atoms with Crippen LogP contribution < -0.4 is 20.5 Å². The van der Waals surface area contributed by atoms with Crippen LogP contribution in [-0.4, -0.2) is 51.4 Å². The van der Waals surface area contributed by atoms with Gasteiger partial charge in [-0.1, -0.05) is 0 Å². The molecule has 0 saturated carbocycles. The highest BCUT2D eigenvalue weighted by Crippen LogP contribution is 2.34. The number of nitrogens with one attached hydrogen (secondary N) is 1. The number of ether oxygens (including phenoxy) is 3. The topological polar surface area (TPSA) is 126 Å². The first kappa shape index (κ1) is 21.9. The number of nitro groups is 1. The number of nitrogens with zero attached hydrogens (tertiary/aromatic N) is 1. The molecule has 0 aliphatic carbocycles. The largest absolute Gasteiger partial charge is 0.493 e. The summed E-state index contributed by atoms with van der Waals surface area (Å²) < 4.78 is 15.4. The van der Waals surface area contributed by atoms with E-state index in [1.807, 2.05) is 0 Å². The number of rotatable bonds is 10. The quantitative estimate of drug-likeness (QED) is 0.362. The number of nitro benzene ring substituents is 1. The first-order valence-corrected chi connectivity index (χ1v) is 7.01. The molecule has 136 valence electrons. The van der Waals surface area contributed by atoms with E-state index in [4.69, 9.17) is 19.9 Å². The van der Waals surface area contributed by atoms with Crippen LogP contribution in [0.15, 0.2) is 12.1 Å². The normalized spacial score (nSPS) is 9.79. The van der Waals surface area contributed by atoms with Gasteiger partial charge < -0.3 is 25.3 Å². The Hall–Kier alpha value is -2.10. The van der Waals surface area contributed by atoms with Gasteiger partial charge in [0.25, 0.3) is 11.6 Å². The molecule has 0 unspecified atom stereocenters. The van der Waals surface area contributed by atoms with Crippen LogP contribution in [0.4, 0.5) is 5.69 Å². The number of hydrogen-bond donors (Lipinski definition) is 2. The van der Waals surface area contributed by atoms with Gasteiger partial charge >= 0.3 is 0 Å². The summed E-state index contributed by atoms with van der Waals surface area (Å²) in [7, 11) is 2.90. The molecular weight excluding hydrogens is 342 g/mol. The molecule has 0 spiro atoms. The van der Waals surface area contributed by atoms with Gasteiger partial charge in [0.1, 0.15) is 12.2 Å². The average Bonchev–Trinajstić information content (AvgIpc) is 2.54. The Kier molecular flexibility index (Phi) is 10.4. The molecule has 0 aliphatic heterocycles. The van der Waals surface area contributed by atoms with Crippen LogP contribution in [0.25, 0.3) is 0 Å². The lowest BCUT2D eigenvalue weighted by atomic mass is 10.1. The van der Waals surface area contributed by atoms with E-state index in [2.05, 4.69) is 5.32 Å². The third-order valence-electron chi connectivity index (χ3n) is 2.93. The van der Waals surface area contributed by atoms with Crippen molar-refractivity contribution in [3.8, 4) is 11.5 Å². The molecule has 1 amide bonds. The van der Waals surface area contributed by atoms with Crippen LogP contribution in [0, 0.1) is 10.1 Å². The van der Waals surface area contributed by atoms with Crippen LogP contribution in [0.1, 0.15) is 16.8 Å². The molecule has 1 aromatic rings. The van der Waals surface area contributed by atoms with Gasteiger partial charge in [-0.3, -0.25) is 14.9 Å². The second-order valence-electron chi connectivity index (χ2n) is 4.52. The number of methoxy groups -OCH3 is 2. The summed E-state index contributed by atoms with van der Waals surface area (Å²) in [5.41, 5.74) is 4.90. The Morgan fingerprint density at radius 2 is 2.00 bits per heavy atom. The second-order valence-corrected chi connectivity index (χ2v) is 4.52. The minimum absolute atomic E-state index is 0.